The molecule has 2 rings (SSSR count). The van der Waals surface area contributed by atoms with Gasteiger partial charge in [-0.1, -0.05) is 0 Å². The Hall–Kier alpha value is -1.26. The van der Waals surface area contributed by atoms with Crippen molar-refractivity contribution in [2.24, 2.45) is 5.92 Å². The summed E-state index contributed by atoms with van der Waals surface area (Å²) in [6.07, 6.45) is 2.03. The lowest BCUT2D eigenvalue weighted by molar-refractivity contribution is 0.0814. The molecule has 100 valence electrons. The van der Waals surface area contributed by atoms with Crippen LogP contribution in [-0.4, -0.2) is 33.0 Å². The molecule has 1 aliphatic heterocycles. The minimum atomic E-state index is 0.586. The highest BCUT2D eigenvalue weighted by Crippen LogP contribution is 2.14. The Kier molecular flexibility index (Phi) is 5.30. The zero-order valence-corrected chi connectivity index (χ0v) is 10.6. The van der Waals surface area contributed by atoms with Crippen LogP contribution in [0.15, 0.2) is 24.3 Å². The first kappa shape index (κ1) is 13.2. The van der Waals surface area contributed by atoms with Gasteiger partial charge in [-0.2, -0.15) is 0 Å². The Bertz CT molecular complexity index is 333. The third-order valence-corrected chi connectivity index (χ3v) is 2.96. The van der Waals surface area contributed by atoms with Crippen LogP contribution >= 0.6 is 0 Å². The van der Waals surface area contributed by atoms with Crippen LogP contribution in [0.4, 0.5) is 5.69 Å². The van der Waals surface area contributed by atoms with Crippen molar-refractivity contribution < 1.29 is 14.2 Å². The summed E-state index contributed by atoms with van der Waals surface area (Å²) in [6, 6.07) is 7.44. The Balaban J connectivity index is 1.49. The predicted molar refractivity (Wildman–Crippen MR) is 70.7 cm³/mol. The molecular weight excluding hydrogens is 230 g/mol. The lowest BCUT2D eigenvalue weighted by atomic mass is 10.1. The van der Waals surface area contributed by atoms with Gasteiger partial charge >= 0.3 is 0 Å². The molecule has 1 fully saturated rings. The van der Waals surface area contributed by atoms with Crippen molar-refractivity contribution in [2.75, 3.05) is 38.8 Å². The van der Waals surface area contributed by atoms with Crippen molar-refractivity contribution >= 4 is 5.69 Å². The van der Waals surface area contributed by atoms with E-state index in [1.54, 1.807) is 0 Å². The van der Waals surface area contributed by atoms with E-state index >= 15 is 0 Å². The summed E-state index contributed by atoms with van der Waals surface area (Å²) in [5, 5.41) is 0. The number of anilines is 1. The highest BCUT2D eigenvalue weighted by molar-refractivity contribution is 5.41. The lowest BCUT2D eigenvalue weighted by Gasteiger charge is -2.09. The normalized spacial score (nSPS) is 19.0. The van der Waals surface area contributed by atoms with Crippen molar-refractivity contribution in [1.29, 1.82) is 0 Å². The second kappa shape index (κ2) is 7.24. The summed E-state index contributed by atoms with van der Waals surface area (Å²) < 4.78 is 16.5. The smallest absolute Gasteiger partial charge is 0.119 e. The molecule has 18 heavy (non-hydrogen) atoms. The zero-order valence-electron chi connectivity index (χ0n) is 10.6. The third-order valence-electron chi connectivity index (χ3n) is 2.96. The molecule has 0 amide bonds. The van der Waals surface area contributed by atoms with Gasteiger partial charge < -0.3 is 19.9 Å². The maximum Gasteiger partial charge on any atom is 0.119 e. The summed E-state index contributed by atoms with van der Waals surface area (Å²) in [5.74, 6) is 1.44. The van der Waals surface area contributed by atoms with Gasteiger partial charge in [-0.05, 0) is 30.7 Å². The molecule has 0 saturated carbocycles. The van der Waals surface area contributed by atoms with E-state index in [4.69, 9.17) is 19.9 Å². The van der Waals surface area contributed by atoms with Crippen molar-refractivity contribution in [3.8, 4) is 5.75 Å². The Morgan fingerprint density at radius 2 is 2.06 bits per heavy atom. The van der Waals surface area contributed by atoms with Crippen LogP contribution in [0, 0.1) is 5.92 Å². The van der Waals surface area contributed by atoms with E-state index in [1.165, 1.54) is 0 Å². The molecular formula is C14H21NO3. The maximum absolute atomic E-state index is 5.60. The molecule has 0 aromatic heterocycles. The van der Waals surface area contributed by atoms with Gasteiger partial charge in [0, 0.05) is 31.2 Å². The Labute approximate surface area is 108 Å². The van der Waals surface area contributed by atoms with E-state index in [2.05, 4.69) is 0 Å². The minimum Gasteiger partial charge on any atom is -0.494 e. The topological polar surface area (TPSA) is 53.7 Å². The summed E-state index contributed by atoms with van der Waals surface area (Å²) in [4.78, 5) is 0. The fraction of sp³-hybridized carbons (Fsp3) is 0.571. The van der Waals surface area contributed by atoms with Crippen LogP contribution in [0.25, 0.3) is 0 Å². The van der Waals surface area contributed by atoms with Crippen LogP contribution < -0.4 is 10.5 Å². The molecule has 2 N–H and O–H groups in total. The number of hydrogen-bond donors (Lipinski definition) is 1. The lowest BCUT2D eigenvalue weighted by Crippen LogP contribution is -2.11. The third kappa shape index (κ3) is 4.55. The standard InChI is InChI=1S/C14H21NO3/c15-13-2-4-14(5-3-13)18-8-1-7-16-10-12-6-9-17-11-12/h2-5,12H,1,6-11,15H2. The number of nitrogen functional groups attached to an aromatic ring is 1. The van der Waals surface area contributed by atoms with E-state index in [0.717, 1.165) is 50.7 Å². The molecule has 1 aromatic carbocycles. The second-order valence-electron chi connectivity index (χ2n) is 4.58. The highest BCUT2D eigenvalue weighted by atomic mass is 16.5. The first-order valence-corrected chi connectivity index (χ1v) is 6.48. The van der Waals surface area contributed by atoms with Crippen molar-refractivity contribution in [1.82, 2.24) is 0 Å². The van der Waals surface area contributed by atoms with Crippen LogP contribution in [0.1, 0.15) is 12.8 Å². The van der Waals surface area contributed by atoms with E-state index < -0.39 is 0 Å². The van der Waals surface area contributed by atoms with Crippen LogP contribution in [-0.2, 0) is 9.47 Å². The quantitative estimate of drug-likeness (QED) is 0.595. The van der Waals surface area contributed by atoms with E-state index in [-0.39, 0.29) is 0 Å². The van der Waals surface area contributed by atoms with Gasteiger partial charge in [-0.15, -0.1) is 0 Å². The van der Waals surface area contributed by atoms with Gasteiger partial charge in [0.1, 0.15) is 5.75 Å². The number of rotatable bonds is 7. The molecule has 4 nitrogen and oxygen atoms in total. The molecule has 1 aromatic rings. The second-order valence-corrected chi connectivity index (χ2v) is 4.58. The first-order valence-electron chi connectivity index (χ1n) is 6.48. The van der Waals surface area contributed by atoms with Gasteiger partial charge in [0.05, 0.1) is 19.8 Å². The Morgan fingerprint density at radius 1 is 1.22 bits per heavy atom. The molecule has 1 unspecified atom stereocenters. The van der Waals surface area contributed by atoms with Crippen molar-refractivity contribution in [2.45, 2.75) is 12.8 Å². The van der Waals surface area contributed by atoms with Gasteiger partial charge in [-0.25, -0.2) is 0 Å². The molecule has 0 radical (unpaired) electrons. The van der Waals surface area contributed by atoms with Crippen LogP contribution in [0.2, 0.25) is 0 Å². The fourth-order valence-corrected chi connectivity index (χ4v) is 1.88. The molecule has 0 bridgehead atoms. The van der Waals surface area contributed by atoms with Crippen molar-refractivity contribution in [3.63, 3.8) is 0 Å². The van der Waals surface area contributed by atoms with Gasteiger partial charge in [0.25, 0.3) is 0 Å². The molecule has 1 aliphatic rings. The summed E-state index contributed by atoms with van der Waals surface area (Å²) >= 11 is 0. The zero-order chi connectivity index (χ0) is 12.6. The summed E-state index contributed by atoms with van der Waals surface area (Å²) in [6.45, 7) is 3.95. The number of nitrogens with two attached hydrogens (primary N) is 1. The first-order chi connectivity index (χ1) is 8.84. The fourth-order valence-electron chi connectivity index (χ4n) is 1.88. The van der Waals surface area contributed by atoms with E-state index in [1.807, 2.05) is 24.3 Å². The average molecular weight is 251 g/mol. The molecule has 0 aliphatic carbocycles. The SMILES string of the molecule is Nc1ccc(OCCCOCC2CCOC2)cc1. The molecule has 0 spiro atoms. The number of hydrogen-bond acceptors (Lipinski definition) is 4. The molecule has 1 atom stereocenters. The molecule has 4 heteroatoms. The number of benzene rings is 1. The van der Waals surface area contributed by atoms with Crippen molar-refractivity contribution in [3.05, 3.63) is 24.3 Å². The number of ether oxygens (including phenoxy) is 3. The van der Waals surface area contributed by atoms with Gasteiger partial charge in [-0.3, -0.25) is 0 Å². The van der Waals surface area contributed by atoms with E-state index in [9.17, 15) is 0 Å². The average Bonchev–Trinajstić information content (AvgIpc) is 2.89. The Morgan fingerprint density at radius 3 is 2.78 bits per heavy atom. The predicted octanol–water partition coefficient (Wildman–Crippen LogP) is 2.09. The highest BCUT2D eigenvalue weighted by Gasteiger charge is 2.15. The monoisotopic (exact) mass is 251 g/mol. The largest absolute Gasteiger partial charge is 0.494 e. The molecule has 1 heterocycles. The van der Waals surface area contributed by atoms with Crippen LogP contribution in [0.3, 0.4) is 0 Å². The summed E-state index contributed by atoms with van der Waals surface area (Å²) in [7, 11) is 0. The van der Waals surface area contributed by atoms with Crippen LogP contribution in [0.5, 0.6) is 5.75 Å². The maximum atomic E-state index is 5.60. The molecule has 1 saturated heterocycles. The van der Waals surface area contributed by atoms with E-state index in [0.29, 0.717) is 12.5 Å². The van der Waals surface area contributed by atoms with Gasteiger partial charge in [0.15, 0.2) is 0 Å². The van der Waals surface area contributed by atoms with Gasteiger partial charge in [0.2, 0.25) is 0 Å². The summed E-state index contributed by atoms with van der Waals surface area (Å²) in [5.41, 5.74) is 6.35. The minimum absolute atomic E-state index is 0.586.